The number of rotatable bonds is 1. The maximum Gasteiger partial charge on any atom is 0.141 e. The van der Waals surface area contributed by atoms with Crippen LogP contribution in [0.2, 0.25) is 0 Å². The van der Waals surface area contributed by atoms with Gasteiger partial charge in [-0.05, 0) is 19.9 Å². The van der Waals surface area contributed by atoms with Crippen molar-refractivity contribution < 1.29 is 0 Å². The van der Waals surface area contributed by atoms with Crippen LogP contribution in [0.15, 0.2) is 12.3 Å². The summed E-state index contributed by atoms with van der Waals surface area (Å²) < 4.78 is 0. The van der Waals surface area contributed by atoms with E-state index in [0.29, 0.717) is 0 Å². The Morgan fingerprint density at radius 2 is 2.25 bits per heavy atom. The number of aryl methyl sites for hydroxylation is 2. The quantitative estimate of drug-likeness (QED) is 0.728. The van der Waals surface area contributed by atoms with E-state index in [9.17, 15) is 0 Å². The molecule has 0 aliphatic rings. The third-order valence-corrected chi connectivity index (χ3v) is 2.87. The fourth-order valence-corrected chi connectivity index (χ4v) is 1.85. The van der Waals surface area contributed by atoms with Crippen LogP contribution >= 0.6 is 11.3 Å². The molecule has 0 aromatic carbocycles. The standard InChI is InChI=1S/C8H9N3S/c1-5-6(2)12-8(10-5)7-3-4-9-11-7/h3-4H,1-2H3,(H,9,11). The van der Waals surface area contributed by atoms with Gasteiger partial charge in [-0.1, -0.05) is 0 Å². The number of hydrogen-bond donors (Lipinski definition) is 1. The molecule has 0 fully saturated rings. The second kappa shape index (κ2) is 2.71. The molecule has 1 N–H and O–H groups in total. The second-order valence-corrected chi connectivity index (χ2v) is 3.83. The second-order valence-electron chi connectivity index (χ2n) is 2.63. The van der Waals surface area contributed by atoms with Crippen LogP contribution in [0.3, 0.4) is 0 Å². The zero-order chi connectivity index (χ0) is 8.55. The molecular weight excluding hydrogens is 170 g/mol. The minimum atomic E-state index is 0.996. The monoisotopic (exact) mass is 179 g/mol. The van der Waals surface area contributed by atoms with Gasteiger partial charge in [0.2, 0.25) is 0 Å². The van der Waals surface area contributed by atoms with Crippen molar-refractivity contribution in [3.63, 3.8) is 0 Å². The van der Waals surface area contributed by atoms with E-state index >= 15 is 0 Å². The van der Waals surface area contributed by atoms with Gasteiger partial charge in [-0.2, -0.15) is 5.10 Å². The van der Waals surface area contributed by atoms with Gasteiger partial charge < -0.3 is 0 Å². The third-order valence-electron chi connectivity index (χ3n) is 1.76. The number of H-pyrrole nitrogens is 1. The molecule has 4 heteroatoms. The number of thiazole rings is 1. The molecule has 0 amide bonds. The molecule has 2 rings (SSSR count). The Kier molecular flexibility index (Phi) is 1.69. The van der Waals surface area contributed by atoms with Gasteiger partial charge in [0, 0.05) is 11.1 Å². The average Bonchev–Trinajstić information content (AvgIpc) is 2.61. The Balaban J connectivity index is 2.48. The van der Waals surface area contributed by atoms with Crippen molar-refractivity contribution in [2.45, 2.75) is 13.8 Å². The van der Waals surface area contributed by atoms with Crippen molar-refractivity contribution in [3.8, 4) is 10.7 Å². The summed E-state index contributed by atoms with van der Waals surface area (Å²) in [7, 11) is 0. The molecule has 0 aliphatic heterocycles. The molecule has 0 radical (unpaired) electrons. The van der Waals surface area contributed by atoms with Gasteiger partial charge in [-0.15, -0.1) is 11.3 Å². The molecule has 12 heavy (non-hydrogen) atoms. The van der Waals surface area contributed by atoms with E-state index in [-0.39, 0.29) is 0 Å². The molecule has 0 saturated carbocycles. The minimum Gasteiger partial charge on any atom is -0.275 e. The van der Waals surface area contributed by atoms with Crippen molar-refractivity contribution in [2.24, 2.45) is 0 Å². The molecule has 0 bridgehead atoms. The summed E-state index contributed by atoms with van der Waals surface area (Å²) in [6.45, 7) is 4.10. The summed E-state index contributed by atoms with van der Waals surface area (Å²) in [5, 5.41) is 7.79. The lowest BCUT2D eigenvalue weighted by molar-refractivity contribution is 1.09. The van der Waals surface area contributed by atoms with Gasteiger partial charge in [0.1, 0.15) is 5.01 Å². The highest BCUT2D eigenvalue weighted by Crippen LogP contribution is 2.24. The topological polar surface area (TPSA) is 41.6 Å². The zero-order valence-corrected chi connectivity index (χ0v) is 7.77. The molecule has 2 aromatic rings. The average molecular weight is 179 g/mol. The van der Waals surface area contributed by atoms with Crippen LogP contribution in [-0.4, -0.2) is 15.2 Å². The summed E-state index contributed by atoms with van der Waals surface area (Å²) in [4.78, 5) is 5.66. The van der Waals surface area contributed by atoms with Crippen LogP contribution in [0.25, 0.3) is 10.7 Å². The lowest BCUT2D eigenvalue weighted by Gasteiger charge is -1.85. The van der Waals surface area contributed by atoms with Crippen LogP contribution in [0.1, 0.15) is 10.6 Å². The minimum absolute atomic E-state index is 0.996. The molecule has 0 atom stereocenters. The number of hydrogen-bond acceptors (Lipinski definition) is 3. The van der Waals surface area contributed by atoms with Gasteiger partial charge in [0.15, 0.2) is 0 Å². The Morgan fingerprint density at radius 3 is 2.75 bits per heavy atom. The van der Waals surface area contributed by atoms with E-state index in [1.165, 1.54) is 4.88 Å². The first-order valence-electron chi connectivity index (χ1n) is 3.71. The van der Waals surface area contributed by atoms with Crippen molar-refractivity contribution in [2.75, 3.05) is 0 Å². The largest absolute Gasteiger partial charge is 0.275 e. The molecule has 0 saturated heterocycles. The molecule has 2 aromatic heterocycles. The third kappa shape index (κ3) is 1.14. The summed E-state index contributed by atoms with van der Waals surface area (Å²) in [5.41, 5.74) is 2.10. The van der Waals surface area contributed by atoms with Crippen molar-refractivity contribution in [3.05, 3.63) is 22.8 Å². The van der Waals surface area contributed by atoms with Crippen LogP contribution < -0.4 is 0 Å². The summed E-state index contributed by atoms with van der Waals surface area (Å²) >= 11 is 1.69. The van der Waals surface area contributed by atoms with Crippen LogP contribution in [0, 0.1) is 13.8 Å². The summed E-state index contributed by atoms with van der Waals surface area (Å²) in [6.07, 6.45) is 1.74. The van der Waals surface area contributed by atoms with Crippen LogP contribution in [0.4, 0.5) is 0 Å². The Morgan fingerprint density at radius 1 is 1.42 bits per heavy atom. The summed E-state index contributed by atoms with van der Waals surface area (Å²) in [5.74, 6) is 0. The molecule has 62 valence electrons. The normalized spacial score (nSPS) is 10.5. The molecular formula is C8H9N3S. The van der Waals surface area contributed by atoms with Crippen molar-refractivity contribution in [1.82, 2.24) is 15.2 Å². The number of nitrogens with zero attached hydrogens (tertiary/aromatic N) is 2. The van der Waals surface area contributed by atoms with E-state index in [1.807, 2.05) is 13.0 Å². The fraction of sp³-hybridized carbons (Fsp3) is 0.250. The highest BCUT2D eigenvalue weighted by Gasteiger charge is 2.05. The lowest BCUT2D eigenvalue weighted by atomic mass is 10.4. The van der Waals surface area contributed by atoms with E-state index < -0.39 is 0 Å². The predicted octanol–water partition coefficient (Wildman–Crippen LogP) is 2.15. The molecule has 0 aliphatic carbocycles. The molecule has 2 heterocycles. The number of aromatic amines is 1. The number of aromatic nitrogens is 3. The lowest BCUT2D eigenvalue weighted by Crippen LogP contribution is -1.76. The zero-order valence-electron chi connectivity index (χ0n) is 6.96. The Bertz CT molecular complexity index is 355. The highest BCUT2D eigenvalue weighted by molar-refractivity contribution is 7.15. The summed E-state index contributed by atoms with van der Waals surface area (Å²) in [6, 6.07) is 1.93. The molecule has 3 nitrogen and oxygen atoms in total. The van der Waals surface area contributed by atoms with Crippen LogP contribution in [0.5, 0.6) is 0 Å². The first kappa shape index (κ1) is 7.49. The van der Waals surface area contributed by atoms with Crippen LogP contribution in [-0.2, 0) is 0 Å². The van der Waals surface area contributed by atoms with Gasteiger partial charge in [0.25, 0.3) is 0 Å². The van der Waals surface area contributed by atoms with Gasteiger partial charge in [-0.25, -0.2) is 4.98 Å². The fourth-order valence-electron chi connectivity index (χ4n) is 0.963. The van der Waals surface area contributed by atoms with Crippen molar-refractivity contribution >= 4 is 11.3 Å². The van der Waals surface area contributed by atoms with E-state index in [2.05, 4.69) is 22.1 Å². The van der Waals surface area contributed by atoms with Gasteiger partial charge >= 0.3 is 0 Å². The smallest absolute Gasteiger partial charge is 0.141 e. The maximum absolute atomic E-state index is 4.40. The Hall–Kier alpha value is -1.16. The maximum atomic E-state index is 4.40. The SMILES string of the molecule is Cc1nc(-c2ccn[nH]2)sc1C. The predicted molar refractivity (Wildman–Crippen MR) is 49.2 cm³/mol. The Labute approximate surface area is 74.5 Å². The molecule has 0 spiro atoms. The van der Waals surface area contributed by atoms with E-state index in [1.54, 1.807) is 17.5 Å². The van der Waals surface area contributed by atoms with E-state index in [0.717, 1.165) is 16.4 Å². The first-order valence-corrected chi connectivity index (χ1v) is 4.53. The van der Waals surface area contributed by atoms with Gasteiger partial charge in [0.05, 0.1) is 11.4 Å². The number of nitrogens with one attached hydrogen (secondary N) is 1. The van der Waals surface area contributed by atoms with Crippen molar-refractivity contribution in [1.29, 1.82) is 0 Å². The molecule has 0 unspecified atom stereocenters. The highest BCUT2D eigenvalue weighted by atomic mass is 32.1. The first-order chi connectivity index (χ1) is 5.77. The van der Waals surface area contributed by atoms with E-state index in [4.69, 9.17) is 0 Å². The van der Waals surface area contributed by atoms with Gasteiger partial charge in [-0.3, -0.25) is 5.10 Å².